The van der Waals surface area contributed by atoms with Crippen molar-refractivity contribution in [2.45, 2.75) is 19.6 Å². The normalized spacial score (nSPS) is 17.4. The summed E-state index contributed by atoms with van der Waals surface area (Å²) in [6, 6.07) is 8.10. The van der Waals surface area contributed by atoms with Gasteiger partial charge < -0.3 is 14.7 Å². The first-order valence-corrected chi connectivity index (χ1v) is 9.11. The highest BCUT2D eigenvalue weighted by Gasteiger charge is 2.26. The molecule has 0 radical (unpaired) electrons. The van der Waals surface area contributed by atoms with Crippen molar-refractivity contribution in [1.82, 2.24) is 9.80 Å². The van der Waals surface area contributed by atoms with Gasteiger partial charge in [-0.1, -0.05) is 18.2 Å². The maximum atomic E-state index is 13.0. The number of carbonyl (C=O) groups is 1. The molecule has 1 aliphatic rings. The van der Waals surface area contributed by atoms with Crippen LogP contribution in [-0.4, -0.2) is 66.8 Å². The maximum absolute atomic E-state index is 13.0. The fraction of sp³-hybridized carbons (Fsp3) is 0.500. The smallest absolute Gasteiger partial charge is 0.264 e. The number of aliphatic hydroxyl groups is 1. The minimum Gasteiger partial charge on any atom is -0.392 e. The third kappa shape index (κ3) is 3.62. The van der Waals surface area contributed by atoms with Gasteiger partial charge in [0.25, 0.3) is 5.91 Å². The van der Waals surface area contributed by atoms with Crippen molar-refractivity contribution in [3.63, 3.8) is 0 Å². The lowest BCUT2D eigenvalue weighted by molar-refractivity contribution is 0.0555. The van der Waals surface area contributed by atoms with Crippen LogP contribution in [0.3, 0.4) is 0 Å². The van der Waals surface area contributed by atoms with Gasteiger partial charge in [-0.15, -0.1) is 11.3 Å². The topological polar surface area (TPSA) is 53.0 Å². The summed E-state index contributed by atoms with van der Waals surface area (Å²) in [5.41, 5.74) is 0.995. The first kappa shape index (κ1) is 17.4. The zero-order valence-electron chi connectivity index (χ0n) is 14.2. The summed E-state index contributed by atoms with van der Waals surface area (Å²) in [5.74, 6) is 0.0972. The van der Waals surface area contributed by atoms with Crippen LogP contribution in [0, 0.1) is 0 Å². The quantitative estimate of drug-likeness (QED) is 0.900. The van der Waals surface area contributed by atoms with Crippen molar-refractivity contribution in [1.29, 1.82) is 0 Å². The van der Waals surface area contributed by atoms with E-state index < -0.39 is 0 Å². The van der Waals surface area contributed by atoms with E-state index in [4.69, 9.17) is 4.74 Å². The number of carbonyl (C=O) groups excluding carboxylic acids is 1. The number of hydrogen-bond acceptors (Lipinski definition) is 5. The molecule has 3 rings (SSSR count). The highest BCUT2D eigenvalue weighted by Crippen LogP contribution is 2.33. The maximum Gasteiger partial charge on any atom is 0.264 e. The largest absolute Gasteiger partial charge is 0.392 e. The van der Waals surface area contributed by atoms with Crippen molar-refractivity contribution < 1.29 is 14.6 Å². The Morgan fingerprint density at radius 3 is 2.67 bits per heavy atom. The Morgan fingerprint density at radius 2 is 2.00 bits per heavy atom. The van der Waals surface area contributed by atoms with E-state index in [1.165, 1.54) is 0 Å². The second kappa shape index (κ2) is 7.61. The molecule has 0 aliphatic carbocycles. The summed E-state index contributed by atoms with van der Waals surface area (Å²) in [6.45, 7) is 5.93. The van der Waals surface area contributed by atoms with Crippen LogP contribution in [0.25, 0.3) is 10.1 Å². The van der Waals surface area contributed by atoms with Crippen LogP contribution >= 0.6 is 11.3 Å². The minimum absolute atomic E-state index is 0.0972. The number of rotatable bonds is 5. The Bertz CT molecular complexity index is 705. The lowest BCUT2D eigenvalue weighted by Crippen LogP contribution is -2.50. The highest BCUT2D eigenvalue weighted by molar-refractivity contribution is 7.21. The number of aliphatic hydroxyl groups excluding tert-OH is 1. The van der Waals surface area contributed by atoms with Gasteiger partial charge in [-0.05, 0) is 18.4 Å². The first-order chi connectivity index (χ1) is 11.6. The molecular weight excluding hydrogens is 324 g/mol. The van der Waals surface area contributed by atoms with E-state index >= 15 is 0 Å². The molecule has 1 aromatic carbocycles. The Morgan fingerprint density at radius 1 is 1.29 bits per heavy atom. The Hall–Kier alpha value is -1.47. The molecule has 1 amide bonds. The Balaban J connectivity index is 1.78. The molecule has 2 aromatic rings. The molecular formula is C18H24N2O3S. The van der Waals surface area contributed by atoms with E-state index in [0.29, 0.717) is 26.2 Å². The standard InChI is InChI=1S/C18H24N2O3S/c1-13(21)11-19-7-9-20(10-8-19)18(22)17-15(12-23-2)14-5-3-4-6-16(14)24-17/h3-6,13,21H,7-12H2,1-2H3/t13-/m0/s1. The minimum atomic E-state index is -0.330. The van der Waals surface area contributed by atoms with Gasteiger partial charge in [0.1, 0.15) is 0 Å². The van der Waals surface area contributed by atoms with Crippen molar-refractivity contribution in [3.8, 4) is 0 Å². The predicted octanol–water partition coefficient (Wildman–Crippen LogP) is 2.19. The number of piperazine rings is 1. The second-order valence-corrected chi connectivity index (χ2v) is 7.33. The molecule has 1 saturated heterocycles. The number of thiophene rings is 1. The molecule has 5 nitrogen and oxygen atoms in total. The van der Waals surface area contributed by atoms with Crippen LogP contribution in [0.1, 0.15) is 22.2 Å². The molecule has 1 N–H and O–H groups in total. The van der Waals surface area contributed by atoms with E-state index in [9.17, 15) is 9.90 Å². The molecule has 0 unspecified atom stereocenters. The van der Waals surface area contributed by atoms with Gasteiger partial charge >= 0.3 is 0 Å². The summed E-state index contributed by atoms with van der Waals surface area (Å²) >= 11 is 1.55. The SMILES string of the molecule is COCc1c(C(=O)N2CCN(C[C@H](C)O)CC2)sc2ccccc12. The third-order valence-corrected chi connectivity index (χ3v) is 5.56. The number of nitrogens with zero attached hydrogens (tertiary/aromatic N) is 2. The highest BCUT2D eigenvalue weighted by atomic mass is 32.1. The summed E-state index contributed by atoms with van der Waals surface area (Å²) in [4.78, 5) is 17.9. The van der Waals surface area contributed by atoms with Crippen molar-refractivity contribution in [3.05, 3.63) is 34.7 Å². The molecule has 2 heterocycles. The Kier molecular flexibility index (Phi) is 5.50. The number of ether oxygens (including phenoxy) is 1. The van der Waals surface area contributed by atoms with E-state index in [2.05, 4.69) is 17.0 Å². The van der Waals surface area contributed by atoms with Crippen molar-refractivity contribution in [2.75, 3.05) is 39.8 Å². The molecule has 1 fully saturated rings. The van der Waals surface area contributed by atoms with Crippen LogP contribution in [0.2, 0.25) is 0 Å². The van der Waals surface area contributed by atoms with Crippen LogP contribution in [0.15, 0.2) is 24.3 Å². The second-order valence-electron chi connectivity index (χ2n) is 6.28. The summed E-state index contributed by atoms with van der Waals surface area (Å²) in [5, 5.41) is 10.6. The van der Waals surface area contributed by atoms with Crippen LogP contribution < -0.4 is 0 Å². The Labute approximate surface area is 146 Å². The number of hydrogen-bond donors (Lipinski definition) is 1. The fourth-order valence-corrected chi connectivity index (χ4v) is 4.39. The van der Waals surface area contributed by atoms with Gasteiger partial charge in [0.2, 0.25) is 0 Å². The number of benzene rings is 1. The summed E-state index contributed by atoms with van der Waals surface area (Å²) in [6.07, 6.45) is -0.330. The predicted molar refractivity (Wildman–Crippen MR) is 96.6 cm³/mol. The third-order valence-electron chi connectivity index (χ3n) is 4.36. The van der Waals surface area contributed by atoms with Gasteiger partial charge in [0.05, 0.1) is 17.6 Å². The first-order valence-electron chi connectivity index (χ1n) is 8.29. The number of amides is 1. The molecule has 0 spiro atoms. The van der Waals surface area contributed by atoms with E-state index in [1.54, 1.807) is 25.4 Å². The summed E-state index contributed by atoms with van der Waals surface area (Å²) in [7, 11) is 1.66. The average Bonchev–Trinajstić information content (AvgIpc) is 2.94. The average molecular weight is 348 g/mol. The van der Waals surface area contributed by atoms with Gasteiger partial charge in [0, 0.05) is 50.1 Å². The molecule has 0 saturated carbocycles. The molecule has 24 heavy (non-hydrogen) atoms. The van der Waals surface area contributed by atoms with Gasteiger partial charge in [-0.2, -0.15) is 0 Å². The molecule has 130 valence electrons. The van der Waals surface area contributed by atoms with Crippen LogP contribution in [0.5, 0.6) is 0 Å². The molecule has 1 aliphatic heterocycles. The zero-order chi connectivity index (χ0) is 17.1. The monoisotopic (exact) mass is 348 g/mol. The zero-order valence-corrected chi connectivity index (χ0v) is 15.0. The van der Waals surface area contributed by atoms with Gasteiger partial charge in [-0.3, -0.25) is 9.69 Å². The fourth-order valence-electron chi connectivity index (χ4n) is 3.21. The molecule has 1 atom stereocenters. The van der Waals surface area contributed by atoms with Crippen LogP contribution in [-0.2, 0) is 11.3 Å². The lowest BCUT2D eigenvalue weighted by Gasteiger charge is -2.35. The van der Waals surface area contributed by atoms with E-state index in [-0.39, 0.29) is 12.0 Å². The van der Waals surface area contributed by atoms with Gasteiger partial charge in [-0.25, -0.2) is 0 Å². The van der Waals surface area contributed by atoms with E-state index in [1.807, 2.05) is 17.0 Å². The van der Waals surface area contributed by atoms with Gasteiger partial charge in [0.15, 0.2) is 0 Å². The number of methoxy groups -OCH3 is 1. The number of fused-ring (bicyclic) bond motifs is 1. The van der Waals surface area contributed by atoms with E-state index in [0.717, 1.165) is 33.6 Å². The van der Waals surface area contributed by atoms with Crippen molar-refractivity contribution in [2.24, 2.45) is 0 Å². The molecule has 0 bridgehead atoms. The molecule has 6 heteroatoms. The molecule has 1 aromatic heterocycles. The van der Waals surface area contributed by atoms with Crippen LogP contribution in [0.4, 0.5) is 0 Å². The number of β-amino-alcohol motifs (C(OH)–C–C–N with tert-alkyl or cyclic N) is 1. The summed E-state index contributed by atoms with van der Waals surface area (Å²) < 4.78 is 6.46. The van der Waals surface area contributed by atoms with Crippen molar-refractivity contribution >= 4 is 27.3 Å². The lowest BCUT2D eigenvalue weighted by atomic mass is 10.1.